The second-order valence-corrected chi connectivity index (χ2v) is 7.75. The van der Waals surface area contributed by atoms with Crippen LogP contribution in [0.1, 0.15) is 38.3 Å². The highest BCUT2D eigenvalue weighted by Crippen LogP contribution is 2.21. The maximum Gasteiger partial charge on any atom is 0.326 e. The van der Waals surface area contributed by atoms with E-state index < -0.39 is 35.9 Å². The van der Waals surface area contributed by atoms with Gasteiger partial charge < -0.3 is 30.9 Å². The van der Waals surface area contributed by atoms with Crippen molar-refractivity contribution in [2.24, 2.45) is 0 Å². The van der Waals surface area contributed by atoms with Crippen LogP contribution in [0.15, 0.2) is 12.5 Å². The first kappa shape index (κ1) is 21.8. The Balaban J connectivity index is 1.55. The van der Waals surface area contributed by atoms with E-state index in [-0.39, 0.29) is 18.4 Å². The summed E-state index contributed by atoms with van der Waals surface area (Å²) in [6.45, 7) is 2.80. The molecule has 11 nitrogen and oxygen atoms in total. The van der Waals surface area contributed by atoms with Crippen LogP contribution in [0.5, 0.6) is 0 Å². The lowest BCUT2D eigenvalue weighted by molar-refractivity contribution is -0.143. The Morgan fingerprint density at radius 1 is 1.27 bits per heavy atom. The first-order chi connectivity index (χ1) is 14.4. The van der Waals surface area contributed by atoms with Gasteiger partial charge in [0.05, 0.1) is 12.4 Å². The van der Waals surface area contributed by atoms with Gasteiger partial charge in [-0.05, 0) is 39.2 Å². The lowest BCUT2D eigenvalue weighted by Gasteiger charge is -2.27. The average molecular weight is 420 g/mol. The molecule has 0 aliphatic carbocycles. The fraction of sp³-hybridized carbons (Fsp3) is 0.632. The third-order valence-electron chi connectivity index (χ3n) is 5.54. The van der Waals surface area contributed by atoms with Crippen molar-refractivity contribution >= 4 is 23.7 Å². The first-order valence-electron chi connectivity index (χ1n) is 10.2. The second-order valence-electron chi connectivity index (χ2n) is 7.75. The van der Waals surface area contributed by atoms with Crippen molar-refractivity contribution in [3.63, 3.8) is 0 Å². The van der Waals surface area contributed by atoms with E-state index in [9.17, 15) is 24.3 Å². The Morgan fingerprint density at radius 2 is 2.07 bits per heavy atom. The summed E-state index contributed by atoms with van der Waals surface area (Å²) in [6, 6.07) is -2.97. The highest BCUT2D eigenvalue weighted by Gasteiger charge is 2.38. The molecule has 11 heteroatoms. The fourth-order valence-corrected chi connectivity index (χ4v) is 3.89. The molecular formula is C19H28N6O5. The highest BCUT2D eigenvalue weighted by atomic mass is 16.4. The lowest BCUT2D eigenvalue weighted by atomic mass is 10.1. The molecule has 164 valence electrons. The molecule has 2 fully saturated rings. The average Bonchev–Trinajstić information content (AvgIpc) is 3.48. The number of amides is 3. The largest absolute Gasteiger partial charge is 0.480 e. The number of carbonyl (C=O) groups is 4. The number of H-pyrrole nitrogens is 1. The van der Waals surface area contributed by atoms with Crippen LogP contribution < -0.4 is 16.0 Å². The number of carbonyl (C=O) groups excluding carboxylic acids is 3. The van der Waals surface area contributed by atoms with Crippen LogP contribution in [-0.2, 0) is 25.6 Å². The summed E-state index contributed by atoms with van der Waals surface area (Å²) in [6.07, 6.45) is 5.91. The van der Waals surface area contributed by atoms with Gasteiger partial charge in [-0.25, -0.2) is 9.78 Å². The molecule has 0 saturated carbocycles. The van der Waals surface area contributed by atoms with E-state index in [1.807, 2.05) is 0 Å². The van der Waals surface area contributed by atoms with Crippen LogP contribution in [0.3, 0.4) is 0 Å². The number of aromatic nitrogens is 2. The predicted molar refractivity (Wildman–Crippen MR) is 105 cm³/mol. The summed E-state index contributed by atoms with van der Waals surface area (Å²) < 4.78 is 0. The summed E-state index contributed by atoms with van der Waals surface area (Å²) in [5, 5.41) is 17.6. The molecule has 4 unspecified atom stereocenters. The van der Waals surface area contributed by atoms with Gasteiger partial charge >= 0.3 is 5.97 Å². The Hall–Kier alpha value is -2.95. The van der Waals surface area contributed by atoms with Gasteiger partial charge in [0.1, 0.15) is 18.1 Å². The van der Waals surface area contributed by atoms with Crippen molar-refractivity contribution in [1.29, 1.82) is 0 Å². The standard InChI is InChI=1S/C19H28N6O5/c1-11(16(26)24-14(19(29)30)8-12-9-20-10-22-12)23-17(27)15-5-3-7-25(15)18(28)13-4-2-6-21-13/h9-11,13-15,21H,2-8H2,1H3,(H,20,22)(H,23,27)(H,24,26)(H,29,30). The van der Waals surface area contributed by atoms with Crippen LogP contribution in [0.4, 0.5) is 0 Å². The fourth-order valence-electron chi connectivity index (χ4n) is 3.89. The van der Waals surface area contributed by atoms with Crippen LogP contribution in [0.25, 0.3) is 0 Å². The Labute approximate surface area is 174 Å². The molecule has 4 atom stereocenters. The molecule has 30 heavy (non-hydrogen) atoms. The number of nitrogens with zero attached hydrogens (tertiary/aromatic N) is 2. The normalized spacial score (nSPS) is 23.0. The van der Waals surface area contributed by atoms with Gasteiger partial charge in [0.15, 0.2) is 0 Å². The predicted octanol–water partition coefficient (Wildman–Crippen LogP) is -1.23. The molecule has 3 amide bonds. The van der Waals surface area contributed by atoms with Crippen LogP contribution in [-0.4, -0.2) is 80.9 Å². The molecule has 2 saturated heterocycles. The topological polar surface area (TPSA) is 157 Å². The number of imidazole rings is 1. The summed E-state index contributed by atoms with van der Waals surface area (Å²) in [7, 11) is 0. The van der Waals surface area contributed by atoms with Gasteiger partial charge in [0, 0.05) is 24.9 Å². The maximum absolute atomic E-state index is 12.7. The quantitative estimate of drug-likeness (QED) is 0.352. The molecule has 0 bridgehead atoms. The van der Waals surface area contributed by atoms with Crippen LogP contribution >= 0.6 is 0 Å². The number of hydrogen-bond donors (Lipinski definition) is 5. The zero-order valence-corrected chi connectivity index (χ0v) is 16.9. The molecule has 1 aromatic rings. The van der Waals surface area contributed by atoms with Crippen LogP contribution in [0, 0.1) is 0 Å². The summed E-state index contributed by atoms with van der Waals surface area (Å²) >= 11 is 0. The maximum atomic E-state index is 12.7. The third kappa shape index (κ3) is 5.15. The highest BCUT2D eigenvalue weighted by molar-refractivity contribution is 5.94. The molecule has 0 aromatic carbocycles. The van der Waals surface area contributed by atoms with Gasteiger partial charge in [-0.3, -0.25) is 14.4 Å². The molecule has 2 aliphatic rings. The zero-order valence-electron chi connectivity index (χ0n) is 16.9. The lowest BCUT2D eigenvalue weighted by Crippen LogP contribution is -2.56. The summed E-state index contributed by atoms with van der Waals surface area (Å²) in [5.74, 6) is -2.27. The summed E-state index contributed by atoms with van der Waals surface area (Å²) in [4.78, 5) is 57.6. The van der Waals surface area contributed by atoms with Gasteiger partial charge in [0.2, 0.25) is 17.7 Å². The van der Waals surface area contributed by atoms with E-state index in [0.717, 1.165) is 25.8 Å². The number of aliphatic carboxylic acids is 1. The summed E-state index contributed by atoms with van der Waals surface area (Å²) in [5.41, 5.74) is 0.569. The van der Waals surface area contributed by atoms with E-state index >= 15 is 0 Å². The minimum absolute atomic E-state index is 0.0427. The van der Waals surface area contributed by atoms with Gasteiger partial charge in [-0.1, -0.05) is 0 Å². The van der Waals surface area contributed by atoms with Gasteiger partial charge in [0.25, 0.3) is 0 Å². The molecule has 5 N–H and O–H groups in total. The van der Waals surface area contributed by atoms with E-state index in [4.69, 9.17) is 0 Å². The van der Waals surface area contributed by atoms with Crippen molar-refractivity contribution in [3.05, 3.63) is 18.2 Å². The molecule has 0 spiro atoms. The van der Waals surface area contributed by atoms with Gasteiger partial charge in [-0.15, -0.1) is 0 Å². The molecule has 2 aliphatic heterocycles. The Kier molecular flexibility index (Phi) is 7.03. The number of rotatable bonds is 8. The van der Waals surface area contributed by atoms with Crippen molar-refractivity contribution in [2.75, 3.05) is 13.1 Å². The van der Waals surface area contributed by atoms with Crippen molar-refractivity contribution in [2.45, 2.75) is 63.2 Å². The second kappa shape index (κ2) is 9.70. The number of carboxylic acids is 1. The number of carboxylic acid groups (broad SMARTS) is 1. The first-order valence-corrected chi connectivity index (χ1v) is 10.2. The third-order valence-corrected chi connectivity index (χ3v) is 5.54. The van der Waals surface area contributed by atoms with Crippen molar-refractivity contribution < 1.29 is 24.3 Å². The SMILES string of the molecule is CC(NC(=O)C1CCCN1C(=O)C1CCCN1)C(=O)NC(Cc1cnc[nH]1)C(=O)O. The van der Waals surface area contributed by atoms with Crippen molar-refractivity contribution in [1.82, 2.24) is 30.8 Å². The van der Waals surface area contributed by atoms with Gasteiger partial charge in [-0.2, -0.15) is 0 Å². The smallest absolute Gasteiger partial charge is 0.326 e. The molecule has 1 aromatic heterocycles. The number of nitrogens with one attached hydrogen (secondary N) is 4. The zero-order chi connectivity index (χ0) is 21.7. The molecule has 3 rings (SSSR count). The van der Waals surface area contributed by atoms with E-state index in [0.29, 0.717) is 18.7 Å². The monoisotopic (exact) mass is 420 g/mol. The number of likely N-dealkylation sites (tertiary alicyclic amines) is 1. The van der Waals surface area contributed by atoms with E-state index in [2.05, 4.69) is 25.9 Å². The minimum atomic E-state index is -1.19. The van der Waals surface area contributed by atoms with E-state index in [1.54, 1.807) is 4.90 Å². The Morgan fingerprint density at radius 3 is 2.70 bits per heavy atom. The molecule has 3 heterocycles. The molecular weight excluding hydrogens is 392 g/mol. The molecule has 0 radical (unpaired) electrons. The van der Waals surface area contributed by atoms with Crippen molar-refractivity contribution in [3.8, 4) is 0 Å². The van der Waals surface area contributed by atoms with E-state index in [1.165, 1.54) is 19.4 Å². The van der Waals surface area contributed by atoms with Crippen LogP contribution in [0.2, 0.25) is 0 Å². The minimum Gasteiger partial charge on any atom is -0.480 e. The number of aromatic amines is 1. The number of hydrogen-bond acceptors (Lipinski definition) is 6. The Bertz CT molecular complexity index is 776.